The molecule has 0 saturated carbocycles. The number of ether oxygens (including phenoxy) is 1. The van der Waals surface area contributed by atoms with Crippen molar-refractivity contribution >= 4 is 11.8 Å². The number of hydrogen-bond acceptors (Lipinski definition) is 5. The highest BCUT2D eigenvalue weighted by atomic mass is 16.5. The highest BCUT2D eigenvalue weighted by molar-refractivity contribution is 5.98. The van der Waals surface area contributed by atoms with Crippen LogP contribution in [0, 0.1) is 0 Å². The molecular weight excluding hydrogens is 366 g/mol. The summed E-state index contributed by atoms with van der Waals surface area (Å²) in [7, 11) is 0. The van der Waals surface area contributed by atoms with Crippen LogP contribution in [0.1, 0.15) is 41.5 Å². The summed E-state index contributed by atoms with van der Waals surface area (Å²) < 4.78 is 4.84. The number of carbonyl (C=O) groups is 2. The molecule has 0 aliphatic carbocycles. The average molecular weight is 389 g/mol. The van der Waals surface area contributed by atoms with Crippen molar-refractivity contribution < 1.29 is 19.4 Å². The zero-order valence-electron chi connectivity index (χ0n) is 16.3. The molecule has 2 aromatic carbocycles. The number of carbonyl (C=O) groups excluding carboxylic acids is 2. The molecule has 5 nitrogen and oxygen atoms in total. The Hall–Kier alpha value is -3.47. The molecule has 3 aromatic rings. The molecule has 1 heterocycles. The van der Waals surface area contributed by atoms with E-state index in [1.165, 1.54) is 6.07 Å². The molecule has 0 radical (unpaired) electrons. The van der Waals surface area contributed by atoms with Gasteiger partial charge in [0, 0.05) is 18.5 Å². The van der Waals surface area contributed by atoms with E-state index in [0.717, 1.165) is 16.7 Å². The number of rotatable bonds is 8. The summed E-state index contributed by atoms with van der Waals surface area (Å²) in [6, 6.07) is 21.3. The lowest BCUT2D eigenvalue weighted by molar-refractivity contribution is -0.143. The summed E-state index contributed by atoms with van der Waals surface area (Å²) in [6.45, 7) is 1.98. The van der Waals surface area contributed by atoms with Crippen LogP contribution in [-0.2, 0) is 16.0 Å². The Balaban J connectivity index is 1.81. The van der Waals surface area contributed by atoms with Gasteiger partial charge in [0.1, 0.15) is 11.4 Å². The lowest BCUT2D eigenvalue weighted by atomic mass is 9.96. The topological polar surface area (TPSA) is 76.5 Å². The highest BCUT2D eigenvalue weighted by Crippen LogP contribution is 2.26. The van der Waals surface area contributed by atoms with Crippen molar-refractivity contribution in [3.05, 3.63) is 83.7 Å². The molecule has 0 atom stereocenters. The van der Waals surface area contributed by atoms with Crippen LogP contribution in [-0.4, -0.2) is 28.4 Å². The molecule has 1 N–H and O–H groups in total. The molecule has 5 heteroatoms. The van der Waals surface area contributed by atoms with Gasteiger partial charge in [-0.15, -0.1) is 0 Å². The summed E-state index contributed by atoms with van der Waals surface area (Å²) in [5.41, 5.74) is 3.93. The van der Waals surface area contributed by atoms with E-state index in [2.05, 4.69) is 11.1 Å². The first kappa shape index (κ1) is 20.3. The van der Waals surface area contributed by atoms with Crippen LogP contribution < -0.4 is 0 Å². The van der Waals surface area contributed by atoms with Crippen LogP contribution in [0.3, 0.4) is 0 Å². The number of nitrogens with zero attached hydrogens (tertiary/aromatic N) is 1. The molecule has 0 spiro atoms. The van der Waals surface area contributed by atoms with Crippen molar-refractivity contribution in [1.82, 2.24) is 4.98 Å². The van der Waals surface area contributed by atoms with Crippen molar-refractivity contribution in [2.75, 3.05) is 6.61 Å². The maximum atomic E-state index is 12.4. The van der Waals surface area contributed by atoms with Crippen molar-refractivity contribution in [3.8, 4) is 16.9 Å². The lowest BCUT2D eigenvalue weighted by Crippen LogP contribution is -2.10. The van der Waals surface area contributed by atoms with Gasteiger partial charge in [-0.1, -0.05) is 54.6 Å². The van der Waals surface area contributed by atoms with Gasteiger partial charge in [0.05, 0.1) is 13.0 Å². The quantitative estimate of drug-likeness (QED) is 0.451. The van der Waals surface area contributed by atoms with E-state index < -0.39 is 5.97 Å². The van der Waals surface area contributed by atoms with Gasteiger partial charge in [-0.05, 0) is 35.7 Å². The van der Waals surface area contributed by atoms with Crippen LogP contribution in [0.15, 0.2) is 66.7 Å². The Kier molecular flexibility index (Phi) is 6.74. The number of benzene rings is 2. The predicted molar refractivity (Wildman–Crippen MR) is 111 cm³/mol. The number of hydrogen-bond donors (Lipinski definition) is 1. The first-order valence-electron chi connectivity index (χ1n) is 9.59. The number of aromatic nitrogens is 1. The fourth-order valence-corrected chi connectivity index (χ4v) is 3.13. The zero-order valence-corrected chi connectivity index (χ0v) is 16.3. The Labute approximate surface area is 170 Å². The predicted octanol–water partition coefficient (Wildman–Crippen LogP) is 4.57. The van der Waals surface area contributed by atoms with Gasteiger partial charge in [0.15, 0.2) is 5.78 Å². The Morgan fingerprint density at radius 1 is 0.931 bits per heavy atom. The van der Waals surface area contributed by atoms with Crippen molar-refractivity contribution in [2.24, 2.45) is 0 Å². The third kappa shape index (κ3) is 5.29. The fourth-order valence-electron chi connectivity index (χ4n) is 3.13. The van der Waals surface area contributed by atoms with Crippen molar-refractivity contribution in [2.45, 2.75) is 26.2 Å². The van der Waals surface area contributed by atoms with Crippen LogP contribution in [0.5, 0.6) is 5.75 Å². The minimum absolute atomic E-state index is 0.0102. The molecule has 0 aliphatic rings. The van der Waals surface area contributed by atoms with E-state index in [4.69, 9.17) is 4.74 Å². The normalized spacial score (nSPS) is 10.5. The van der Waals surface area contributed by atoms with Crippen LogP contribution in [0.4, 0.5) is 0 Å². The fraction of sp³-hybridized carbons (Fsp3) is 0.208. The van der Waals surface area contributed by atoms with E-state index in [1.807, 2.05) is 48.5 Å². The molecule has 0 aliphatic heterocycles. The summed E-state index contributed by atoms with van der Waals surface area (Å²) in [4.78, 5) is 28.3. The van der Waals surface area contributed by atoms with E-state index in [0.29, 0.717) is 12.1 Å². The first-order chi connectivity index (χ1) is 14.1. The van der Waals surface area contributed by atoms with Gasteiger partial charge in [-0.3, -0.25) is 9.59 Å². The molecule has 0 fully saturated rings. The van der Waals surface area contributed by atoms with Crippen LogP contribution in [0.25, 0.3) is 11.1 Å². The lowest BCUT2D eigenvalue weighted by Gasteiger charge is -2.11. The van der Waals surface area contributed by atoms with Gasteiger partial charge in [0.25, 0.3) is 0 Å². The molecule has 0 unspecified atom stereocenters. The second-order valence-corrected chi connectivity index (χ2v) is 6.60. The summed E-state index contributed by atoms with van der Waals surface area (Å²) >= 11 is 0. The van der Waals surface area contributed by atoms with E-state index in [1.54, 1.807) is 13.0 Å². The third-order valence-electron chi connectivity index (χ3n) is 4.53. The Morgan fingerprint density at radius 2 is 1.66 bits per heavy atom. The molecule has 0 saturated heterocycles. The highest BCUT2D eigenvalue weighted by Gasteiger charge is 2.17. The second-order valence-electron chi connectivity index (χ2n) is 6.60. The number of esters is 1. The van der Waals surface area contributed by atoms with Crippen LogP contribution >= 0.6 is 0 Å². The smallest absolute Gasteiger partial charge is 0.306 e. The number of pyridine rings is 1. The largest absolute Gasteiger partial charge is 0.506 e. The van der Waals surface area contributed by atoms with Crippen molar-refractivity contribution in [1.29, 1.82) is 0 Å². The minimum Gasteiger partial charge on any atom is -0.506 e. The van der Waals surface area contributed by atoms with E-state index in [9.17, 15) is 14.7 Å². The van der Waals surface area contributed by atoms with Gasteiger partial charge in [0.2, 0.25) is 0 Å². The second kappa shape index (κ2) is 9.64. The maximum absolute atomic E-state index is 12.4. The average Bonchev–Trinajstić information content (AvgIpc) is 2.74. The zero-order chi connectivity index (χ0) is 20.6. The SMILES string of the molecule is CCOC(=O)CCC(=O)c1nc(Cc2ccccc2-c2ccccc2)ccc1O. The molecule has 0 amide bonds. The van der Waals surface area contributed by atoms with Gasteiger partial charge >= 0.3 is 5.97 Å². The Morgan fingerprint density at radius 3 is 2.41 bits per heavy atom. The number of Topliss-reactive ketones (excluding diaryl/α,β-unsaturated/α-hetero) is 1. The molecule has 29 heavy (non-hydrogen) atoms. The first-order valence-corrected chi connectivity index (χ1v) is 9.59. The maximum Gasteiger partial charge on any atom is 0.306 e. The molecular formula is C24H23NO4. The number of ketones is 1. The van der Waals surface area contributed by atoms with Gasteiger partial charge in [-0.25, -0.2) is 4.98 Å². The van der Waals surface area contributed by atoms with Gasteiger partial charge in [-0.2, -0.15) is 0 Å². The number of aromatic hydroxyl groups is 1. The molecule has 1 aromatic heterocycles. The molecule has 148 valence electrons. The van der Waals surface area contributed by atoms with E-state index in [-0.39, 0.29) is 36.7 Å². The summed E-state index contributed by atoms with van der Waals surface area (Å²) in [5, 5.41) is 10.1. The Bertz CT molecular complexity index is 999. The molecule has 0 bridgehead atoms. The van der Waals surface area contributed by atoms with Gasteiger partial charge < -0.3 is 9.84 Å². The summed E-state index contributed by atoms with van der Waals surface area (Å²) in [5.74, 6) is -0.999. The van der Waals surface area contributed by atoms with E-state index >= 15 is 0 Å². The summed E-state index contributed by atoms with van der Waals surface area (Å²) in [6.07, 6.45) is 0.432. The molecule has 3 rings (SSSR count). The van der Waals surface area contributed by atoms with Crippen LogP contribution in [0.2, 0.25) is 0 Å². The standard InChI is InChI=1S/C24H23NO4/c1-2-29-23(28)15-14-22(27)24-21(26)13-12-19(25-24)16-18-10-6-7-11-20(18)17-8-4-3-5-9-17/h3-13,26H,2,14-16H2,1H3. The minimum atomic E-state index is -0.437. The third-order valence-corrected chi connectivity index (χ3v) is 4.53. The monoisotopic (exact) mass is 389 g/mol. The van der Waals surface area contributed by atoms with Crippen molar-refractivity contribution in [3.63, 3.8) is 0 Å².